The molecule has 0 aromatic heterocycles. The first kappa shape index (κ1) is 19.1. The van der Waals surface area contributed by atoms with Gasteiger partial charge in [0.05, 0.1) is 0 Å². The number of ether oxygens (including phenoxy) is 2. The van der Waals surface area contributed by atoms with Crippen LogP contribution in [0.1, 0.15) is 32.6 Å². The lowest BCUT2D eigenvalue weighted by molar-refractivity contribution is -0.146. The standard InChI is InChI=1S/C20H23ClO4/c1-2-3-7-18(24-17-12-10-15(21)11-13-17)14-19(20(22)23)25-16-8-5-4-6-9-16/h4-6,8-13,18-19H,2-3,7,14H2,1H3,(H,22,23). The van der Waals surface area contributed by atoms with Crippen LogP contribution < -0.4 is 9.47 Å². The van der Waals surface area contributed by atoms with Gasteiger partial charge in [-0.15, -0.1) is 0 Å². The minimum atomic E-state index is -0.995. The van der Waals surface area contributed by atoms with Crippen molar-refractivity contribution in [1.82, 2.24) is 0 Å². The monoisotopic (exact) mass is 362 g/mol. The van der Waals surface area contributed by atoms with E-state index < -0.39 is 12.1 Å². The van der Waals surface area contributed by atoms with Crippen molar-refractivity contribution in [3.8, 4) is 11.5 Å². The Labute approximate surface area is 153 Å². The summed E-state index contributed by atoms with van der Waals surface area (Å²) in [7, 11) is 0. The Hall–Kier alpha value is -2.20. The minimum absolute atomic E-state index is 0.245. The quantitative estimate of drug-likeness (QED) is 0.631. The largest absolute Gasteiger partial charge is 0.490 e. The van der Waals surface area contributed by atoms with E-state index in [-0.39, 0.29) is 12.5 Å². The van der Waals surface area contributed by atoms with Gasteiger partial charge in [0.15, 0.2) is 6.10 Å². The van der Waals surface area contributed by atoms with Crippen molar-refractivity contribution in [2.75, 3.05) is 0 Å². The third-order valence-electron chi connectivity index (χ3n) is 3.77. The van der Waals surface area contributed by atoms with E-state index in [0.717, 1.165) is 19.3 Å². The molecule has 4 nitrogen and oxygen atoms in total. The second kappa shape index (κ2) is 9.94. The highest BCUT2D eigenvalue weighted by atomic mass is 35.5. The zero-order valence-corrected chi connectivity index (χ0v) is 15.0. The third-order valence-corrected chi connectivity index (χ3v) is 4.02. The molecule has 0 aliphatic carbocycles. The summed E-state index contributed by atoms with van der Waals surface area (Å²) in [5.74, 6) is 0.218. The first-order chi connectivity index (χ1) is 12.1. The summed E-state index contributed by atoms with van der Waals surface area (Å²) >= 11 is 5.89. The molecular formula is C20H23ClO4. The van der Waals surface area contributed by atoms with Gasteiger partial charge in [0.25, 0.3) is 0 Å². The first-order valence-corrected chi connectivity index (χ1v) is 8.83. The van der Waals surface area contributed by atoms with Crippen LogP contribution in [0.15, 0.2) is 54.6 Å². The van der Waals surface area contributed by atoms with Crippen LogP contribution in [0.25, 0.3) is 0 Å². The summed E-state index contributed by atoms with van der Waals surface area (Å²) in [5.41, 5.74) is 0. The fourth-order valence-electron chi connectivity index (χ4n) is 2.46. The van der Waals surface area contributed by atoms with Crippen LogP contribution in [0.5, 0.6) is 11.5 Å². The number of rotatable bonds is 10. The van der Waals surface area contributed by atoms with Gasteiger partial charge in [-0.3, -0.25) is 0 Å². The molecule has 0 saturated heterocycles. The summed E-state index contributed by atoms with van der Waals surface area (Å²) in [6.07, 6.45) is 1.80. The van der Waals surface area contributed by atoms with Crippen molar-refractivity contribution in [3.63, 3.8) is 0 Å². The van der Waals surface area contributed by atoms with Gasteiger partial charge in [0.2, 0.25) is 0 Å². The van der Waals surface area contributed by atoms with E-state index in [9.17, 15) is 9.90 Å². The number of para-hydroxylation sites is 1. The topological polar surface area (TPSA) is 55.8 Å². The van der Waals surface area contributed by atoms with Gasteiger partial charge >= 0.3 is 5.97 Å². The molecule has 0 spiro atoms. The summed E-state index contributed by atoms with van der Waals surface area (Å²) in [4.78, 5) is 11.6. The second-order valence-corrected chi connectivity index (χ2v) is 6.27. The average molecular weight is 363 g/mol. The van der Waals surface area contributed by atoms with Crippen LogP contribution in [0.4, 0.5) is 0 Å². The summed E-state index contributed by atoms with van der Waals surface area (Å²) < 4.78 is 11.6. The second-order valence-electron chi connectivity index (χ2n) is 5.83. The highest BCUT2D eigenvalue weighted by molar-refractivity contribution is 6.30. The van der Waals surface area contributed by atoms with Crippen LogP contribution in [0.2, 0.25) is 5.02 Å². The molecule has 0 aliphatic heterocycles. The normalized spacial score (nSPS) is 13.0. The Balaban J connectivity index is 2.06. The number of aliphatic carboxylic acids is 1. The van der Waals surface area contributed by atoms with Crippen molar-refractivity contribution in [2.45, 2.75) is 44.8 Å². The molecule has 2 unspecified atom stereocenters. The molecule has 134 valence electrons. The Morgan fingerprint density at radius 3 is 2.28 bits per heavy atom. The molecule has 0 fully saturated rings. The van der Waals surface area contributed by atoms with Crippen LogP contribution in [0, 0.1) is 0 Å². The van der Waals surface area contributed by atoms with Gasteiger partial charge < -0.3 is 14.6 Å². The van der Waals surface area contributed by atoms with Crippen LogP contribution in [0.3, 0.4) is 0 Å². The zero-order chi connectivity index (χ0) is 18.1. The van der Waals surface area contributed by atoms with Gasteiger partial charge in [-0.05, 0) is 42.8 Å². The number of unbranched alkanes of at least 4 members (excludes halogenated alkanes) is 1. The predicted octanol–water partition coefficient (Wildman–Crippen LogP) is 5.20. The van der Waals surface area contributed by atoms with Gasteiger partial charge in [0.1, 0.15) is 17.6 Å². The van der Waals surface area contributed by atoms with Crippen LogP contribution >= 0.6 is 11.6 Å². The average Bonchev–Trinajstić information content (AvgIpc) is 2.61. The first-order valence-electron chi connectivity index (χ1n) is 8.45. The van der Waals surface area contributed by atoms with E-state index in [0.29, 0.717) is 16.5 Å². The zero-order valence-electron chi connectivity index (χ0n) is 14.2. The fraction of sp³-hybridized carbons (Fsp3) is 0.350. The molecule has 0 radical (unpaired) electrons. The molecule has 0 amide bonds. The van der Waals surface area contributed by atoms with Gasteiger partial charge in [-0.25, -0.2) is 4.79 Å². The van der Waals surface area contributed by atoms with Gasteiger partial charge in [0, 0.05) is 11.4 Å². The van der Waals surface area contributed by atoms with Gasteiger partial charge in [-0.2, -0.15) is 0 Å². The molecule has 2 atom stereocenters. The number of benzene rings is 2. The number of carbonyl (C=O) groups is 1. The smallest absolute Gasteiger partial charge is 0.345 e. The molecule has 0 bridgehead atoms. The summed E-state index contributed by atoms with van der Waals surface area (Å²) in [5, 5.41) is 10.1. The highest BCUT2D eigenvalue weighted by Crippen LogP contribution is 2.22. The number of carboxylic acid groups (broad SMARTS) is 1. The van der Waals surface area contributed by atoms with E-state index in [2.05, 4.69) is 6.92 Å². The Morgan fingerprint density at radius 1 is 1.04 bits per heavy atom. The summed E-state index contributed by atoms with van der Waals surface area (Å²) in [6, 6.07) is 16.1. The van der Waals surface area contributed by atoms with Crippen molar-refractivity contribution < 1.29 is 19.4 Å². The lowest BCUT2D eigenvalue weighted by Crippen LogP contribution is -2.33. The number of halogens is 1. The van der Waals surface area contributed by atoms with Crippen LogP contribution in [-0.4, -0.2) is 23.3 Å². The van der Waals surface area contributed by atoms with E-state index in [1.807, 2.05) is 18.2 Å². The SMILES string of the molecule is CCCCC(CC(Oc1ccccc1)C(=O)O)Oc1ccc(Cl)cc1. The van der Waals surface area contributed by atoms with E-state index in [4.69, 9.17) is 21.1 Å². The Bertz CT molecular complexity index is 643. The molecule has 25 heavy (non-hydrogen) atoms. The number of carboxylic acids is 1. The van der Waals surface area contributed by atoms with Crippen molar-refractivity contribution in [3.05, 3.63) is 59.6 Å². The molecule has 2 aromatic rings. The maximum absolute atomic E-state index is 11.6. The number of hydrogen-bond donors (Lipinski definition) is 1. The lowest BCUT2D eigenvalue weighted by atomic mass is 10.1. The van der Waals surface area contributed by atoms with Crippen molar-refractivity contribution in [2.24, 2.45) is 0 Å². The molecule has 0 aliphatic rings. The molecule has 0 heterocycles. The van der Waals surface area contributed by atoms with E-state index >= 15 is 0 Å². The fourth-order valence-corrected chi connectivity index (χ4v) is 2.59. The summed E-state index contributed by atoms with van der Waals surface area (Å²) in [6.45, 7) is 2.09. The Kier molecular flexibility index (Phi) is 7.61. The van der Waals surface area contributed by atoms with E-state index in [1.165, 1.54) is 0 Å². The maximum atomic E-state index is 11.6. The minimum Gasteiger partial charge on any atom is -0.490 e. The Morgan fingerprint density at radius 2 is 1.68 bits per heavy atom. The highest BCUT2D eigenvalue weighted by Gasteiger charge is 2.25. The molecule has 5 heteroatoms. The molecule has 0 saturated carbocycles. The molecule has 2 rings (SSSR count). The predicted molar refractivity (Wildman–Crippen MR) is 98.5 cm³/mol. The third kappa shape index (κ3) is 6.67. The lowest BCUT2D eigenvalue weighted by Gasteiger charge is -2.23. The van der Waals surface area contributed by atoms with Crippen molar-refractivity contribution in [1.29, 1.82) is 0 Å². The van der Waals surface area contributed by atoms with Crippen LogP contribution in [-0.2, 0) is 4.79 Å². The van der Waals surface area contributed by atoms with E-state index in [1.54, 1.807) is 36.4 Å². The molecule has 1 N–H and O–H groups in total. The molecule has 2 aromatic carbocycles. The van der Waals surface area contributed by atoms with Gasteiger partial charge in [-0.1, -0.05) is 49.6 Å². The van der Waals surface area contributed by atoms with Crippen molar-refractivity contribution >= 4 is 17.6 Å². The molecular weight excluding hydrogens is 340 g/mol. The maximum Gasteiger partial charge on any atom is 0.345 e. The number of hydrogen-bond acceptors (Lipinski definition) is 3.